The zero-order chi connectivity index (χ0) is 15.0. The van der Waals surface area contributed by atoms with Crippen LogP contribution in [0.25, 0.3) is 0 Å². The molecule has 0 saturated carbocycles. The van der Waals surface area contributed by atoms with E-state index < -0.39 is 0 Å². The van der Waals surface area contributed by atoms with E-state index in [-0.39, 0.29) is 18.3 Å². The molecule has 5 heteroatoms. The normalized spacial score (nSPS) is 11.4. The SMILES string of the molecule is CCCCC(CC)CC(=O)Nc1ccc(OC)c(N)c1.Cl. The molecule has 1 atom stereocenters. The summed E-state index contributed by atoms with van der Waals surface area (Å²) in [7, 11) is 1.57. The minimum Gasteiger partial charge on any atom is -0.495 e. The summed E-state index contributed by atoms with van der Waals surface area (Å²) in [5.74, 6) is 1.14. The van der Waals surface area contributed by atoms with E-state index in [1.54, 1.807) is 25.3 Å². The van der Waals surface area contributed by atoms with Gasteiger partial charge in [-0.2, -0.15) is 0 Å². The van der Waals surface area contributed by atoms with E-state index in [0.29, 0.717) is 23.8 Å². The smallest absolute Gasteiger partial charge is 0.224 e. The monoisotopic (exact) mass is 314 g/mol. The Kier molecular flexibility index (Phi) is 9.63. The van der Waals surface area contributed by atoms with E-state index in [4.69, 9.17) is 10.5 Å². The fourth-order valence-electron chi connectivity index (χ4n) is 2.23. The van der Waals surface area contributed by atoms with Gasteiger partial charge in [-0.25, -0.2) is 0 Å². The number of unbranched alkanes of at least 4 members (excludes halogenated alkanes) is 1. The van der Waals surface area contributed by atoms with Gasteiger partial charge in [0.05, 0.1) is 12.8 Å². The van der Waals surface area contributed by atoms with Crippen LogP contribution in [-0.4, -0.2) is 13.0 Å². The van der Waals surface area contributed by atoms with Crippen molar-refractivity contribution < 1.29 is 9.53 Å². The Morgan fingerprint density at radius 2 is 2.10 bits per heavy atom. The van der Waals surface area contributed by atoms with Crippen molar-refractivity contribution >= 4 is 29.7 Å². The molecule has 1 rings (SSSR count). The number of carbonyl (C=O) groups is 1. The van der Waals surface area contributed by atoms with Gasteiger partial charge in [-0.05, 0) is 30.5 Å². The molecule has 4 nitrogen and oxygen atoms in total. The van der Waals surface area contributed by atoms with Gasteiger partial charge < -0.3 is 15.8 Å². The van der Waals surface area contributed by atoms with Crippen LogP contribution in [0.3, 0.4) is 0 Å². The number of benzene rings is 1. The van der Waals surface area contributed by atoms with Crippen molar-refractivity contribution in [2.24, 2.45) is 5.92 Å². The summed E-state index contributed by atoms with van der Waals surface area (Å²) >= 11 is 0. The van der Waals surface area contributed by atoms with Crippen molar-refractivity contribution in [2.75, 3.05) is 18.2 Å². The van der Waals surface area contributed by atoms with Gasteiger partial charge in [0.1, 0.15) is 5.75 Å². The van der Waals surface area contributed by atoms with Gasteiger partial charge >= 0.3 is 0 Å². The van der Waals surface area contributed by atoms with Crippen molar-refractivity contribution in [2.45, 2.75) is 46.0 Å². The number of hydrogen-bond donors (Lipinski definition) is 2. The number of hydrogen-bond acceptors (Lipinski definition) is 3. The Labute approximate surface area is 133 Å². The first-order valence-corrected chi connectivity index (χ1v) is 7.34. The van der Waals surface area contributed by atoms with Crippen LogP contribution in [0.1, 0.15) is 46.0 Å². The second-order valence-electron chi connectivity index (χ2n) is 5.13. The second-order valence-corrected chi connectivity index (χ2v) is 5.13. The van der Waals surface area contributed by atoms with Crippen LogP contribution >= 0.6 is 12.4 Å². The molecule has 120 valence electrons. The summed E-state index contributed by atoms with van der Waals surface area (Å²) in [5, 5.41) is 2.90. The van der Waals surface area contributed by atoms with Crippen molar-refractivity contribution in [1.82, 2.24) is 0 Å². The maximum atomic E-state index is 12.0. The highest BCUT2D eigenvalue weighted by Crippen LogP contribution is 2.25. The maximum absolute atomic E-state index is 12.0. The largest absolute Gasteiger partial charge is 0.495 e. The van der Waals surface area contributed by atoms with Gasteiger partial charge in [0.2, 0.25) is 5.91 Å². The van der Waals surface area contributed by atoms with Crippen molar-refractivity contribution in [3.8, 4) is 5.75 Å². The Morgan fingerprint density at radius 3 is 2.62 bits per heavy atom. The lowest BCUT2D eigenvalue weighted by atomic mass is 9.95. The molecular formula is C16H27ClN2O2. The number of halogens is 1. The van der Waals surface area contributed by atoms with E-state index in [1.165, 1.54) is 12.8 Å². The molecule has 0 fully saturated rings. The third-order valence-corrected chi connectivity index (χ3v) is 3.53. The summed E-state index contributed by atoms with van der Waals surface area (Å²) < 4.78 is 5.09. The molecule has 21 heavy (non-hydrogen) atoms. The molecule has 1 amide bonds. The first kappa shape index (κ1) is 19.6. The predicted octanol–water partition coefficient (Wildman–Crippen LogP) is 4.24. The Bertz CT molecular complexity index is 438. The lowest BCUT2D eigenvalue weighted by Crippen LogP contribution is -2.16. The number of carbonyl (C=O) groups excluding carboxylic acids is 1. The zero-order valence-electron chi connectivity index (χ0n) is 13.1. The predicted molar refractivity (Wildman–Crippen MR) is 91.2 cm³/mol. The molecule has 0 bridgehead atoms. The molecule has 0 aliphatic rings. The van der Waals surface area contributed by atoms with Gasteiger partial charge in [0.15, 0.2) is 0 Å². The number of amides is 1. The van der Waals surface area contributed by atoms with Gasteiger partial charge in [0, 0.05) is 12.1 Å². The molecule has 0 aromatic heterocycles. The van der Waals surface area contributed by atoms with Crippen molar-refractivity contribution in [1.29, 1.82) is 0 Å². The summed E-state index contributed by atoms with van der Waals surface area (Å²) in [5.41, 5.74) is 7.08. The topological polar surface area (TPSA) is 64.3 Å². The number of nitrogens with two attached hydrogens (primary N) is 1. The minimum atomic E-state index is 0. The van der Waals surface area contributed by atoms with Gasteiger partial charge in [0.25, 0.3) is 0 Å². The standard InChI is InChI=1S/C16H26N2O2.ClH/c1-4-6-7-12(5-2)10-16(19)18-13-8-9-15(20-3)14(17)11-13;/h8-9,11-12H,4-7,10,17H2,1-3H3,(H,18,19);1H. The number of methoxy groups -OCH3 is 1. The second kappa shape index (κ2) is 10.3. The summed E-state index contributed by atoms with van der Waals surface area (Å²) in [6, 6.07) is 5.29. The lowest BCUT2D eigenvalue weighted by molar-refractivity contribution is -0.117. The van der Waals surface area contributed by atoms with Crippen LogP contribution in [0.5, 0.6) is 5.75 Å². The lowest BCUT2D eigenvalue weighted by Gasteiger charge is -2.14. The molecule has 1 aromatic rings. The average molecular weight is 315 g/mol. The summed E-state index contributed by atoms with van der Waals surface area (Å²) in [4.78, 5) is 12.0. The van der Waals surface area contributed by atoms with Crippen LogP contribution in [-0.2, 0) is 4.79 Å². The third-order valence-electron chi connectivity index (χ3n) is 3.53. The third kappa shape index (κ3) is 6.71. The molecule has 0 aliphatic carbocycles. The van der Waals surface area contributed by atoms with Crippen molar-refractivity contribution in [3.05, 3.63) is 18.2 Å². The molecule has 3 N–H and O–H groups in total. The number of rotatable bonds is 8. The highest BCUT2D eigenvalue weighted by Gasteiger charge is 2.12. The Balaban J connectivity index is 0.00000400. The fourth-order valence-corrected chi connectivity index (χ4v) is 2.23. The van der Waals surface area contributed by atoms with Gasteiger partial charge in [-0.3, -0.25) is 4.79 Å². The Morgan fingerprint density at radius 1 is 1.38 bits per heavy atom. The molecule has 0 spiro atoms. The average Bonchev–Trinajstić information content (AvgIpc) is 2.43. The molecule has 0 radical (unpaired) electrons. The van der Waals surface area contributed by atoms with Crippen LogP contribution in [0.15, 0.2) is 18.2 Å². The van der Waals surface area contributed by atoms with E-state index in [2.05, 4.69) is 19.2 Å². The number of nitrogen functional groups attached to an aromatic ring is 1. The maximum Gasteiger partial charge on any atom is 0.224 e. The number of ether oxygens (including phenoxy) is 1. The highest BCUT2D eigenvalue weighted by atomic mass is 35.5. The van der Waals surface area contributed by atoms with Crippen LogP contribution < -0.4 is 15.8 Å². The first-order valence-electron chi connectivity index (χ1n) is 7.34. The number of nitrogens with one attached hydrogen (secondary N) is 1. The molecule has 0 aliphatic heterocycles. The quantitative estimate of drug-likeness (QED) is 0.705. The summed E-state index contributed by atoms with van der Waals surface area (Å²) in [6.07, 6.45) is 5.08. The van der Waals surface area contributed by atoms with E-state index >= 15 is 0 Å². The van der Waals surface area contributed by atoms with Gasteiger partial charge in [-0.1, -0.05) is 33.1 Å². The van der Waals surface area contributed by atoms with E-state index in [9.17, 15) is 4.79 Å². The molecule has 1 aromatic carbocycles. The first-order chi connectivity index (χ1) is 9.60. The molecular weight excluding hydrogens is 288 g/mol. The van der Waals surface area contributed by atoms with Crippen molar-refractivity contribution in [3.63, 3.8) is 0 Å². The van der Waals surface area contributed by atoms with Gasteiger partial charge in [-0.15, -0.1) is 12.4 Å². The fraction of sp³-hybridized carbons (Fsp3) is 0.562. The highest BCUT2D eigenvalue weighted by molar-refractivity contribution is 5.91. The van der Waals surface area contributed by atoms with Crippen LogP contribution in [0.4, 0.5) is 11.4 Å². The summed E-state index contributed by atoms with van der Waals surface area (Å²) in [6.45, 7) is 4.31. The molecule has 1 unspecified atom stereocenters. The molecule has 0 heterocycles. The van der Waals surface area contributed by atoms with Crippen LogP contribution in [0, 0.1) is 5.92 Å². The number of anilines is 2. The Hall–Kier alpha value is -1.42. The molecule has 0 saturated heterocycles. The zero-order valence-corrected chi connectivity index (χ0v) is 14.0. The van der Waals surface area contributed by atoms with E-state index in [1.807, 2.05) is 0 Å². The van der Waals surface area contributed by atoms with Crippen LogP contribution in [0.2, 0.25) is 0 Å². The van der Waals surface area contributed by atoms with E-state index in [0.717, 1.165) is 18.5 Å². The minimum absolute atomic E-state index is 0.